The SMILES string of the molecule is Cc1ccc(C(=O)OC2C(OC(=O)c3ccc(C(F)(F)F)cc3)[C@@H](C)c3ccccc3[C@@H]2c2ccccc2C)cc1. The predicted molar refractivity (Wildman–Crippen MR) is 149 cm³/mol. The van der Waals surface area contributed by atoms with E-state index in [1.807, 2.05) is 81.4 Å². The van der Waals surface area contributed by atoms with Crippen molar-refractivity contribution in [2.24, 2.45) is 0 Å². The molecular weight excluding hydrogens is 529 g/mol. The average Bonchev–Trinajstić information content (AvgIpc) is 2.96. The molecule has 2 unspecified atom stereocenters. The molecule has 4 aromatic carbocycles. The number of rotatable bonds is 5. The number of alkyl halides is 3. The van der Waals surface area contributed by atoms with Gasteiger partial charge in [0.1, 0.15) is 6.10 Å². The van der Waals surface area contributed by atoms with Crippen molar-refractivity contribution in [3.05, 3.63) is 142 Å². The highest BCUT2D eigenvalue weighted by Crippen LogP contribution is 2.46. The smallest absolute Gasteiger partial charge is 0.416 e. The first-order chi connectivity index (χ1) is 19.5. The average molecular weight is 559 g/mol. The minimum absolute atomic E-state index is 0.0277. The lowest BCUT2D eigenvalue weighted by Crippen LogP contribution is -2.46. The molecule has 0 aliphatic heterocycles. The van der Waals surface area contributed by atoms with E-state index < -0.39 is 41.8 Å². The number of carbonyl (C=O) groups is 2. The van der Waals surface area contributed by atoms with Crippen LogP contribution in [0, 0.1) is 13.8 Å². The summed E-state index contributed by atoms with van der Waals surface area (Å²) >= 11 is 0. The second-order valence-electron chi connectivity index (χ2n) is 10.4. The molecule has 0 amide bonds. The normalized spacial score (nSPS) is 20.1. The van der Waals surface area contributed by atoms with Crippen LogP contribution < -0.4 is 0 Å². The van der Waals surface area contributed by atoms with E-state index >= 15 is 0 Å². The summed E-state index contributed by atoms with van der Waals surface area (Å²) < 4.78 is 51.5. The van der Waals surface area contributed by atoms with E-state index in [1.165, 1.54) is 0 Å². The fraction of sp³-hybridized carbons (Fsp3) is 0.235. The number of hydrogen-bond acceptors (Lipinski definition) is 4. The zero-order valence-electron chi connectivity index (χ0n) is 22.8. The molecule has 210 valence electrons. The van der Waals surface area contributed by atoms with Crippen LogP contribution in [0.2, 0.25) is 0 Å². The molecule has 0 saturated heterocycles. The molecule has 0 saturated carbocycles. The predicted octanol–water partition coefficient (Wildman–Crippen LogP) is 8.02. The van der Waals surface area contributed by atoms with Gasteiger partial charge in [0.15, 0.2) is 6.10 Å². The van der Waals surface area contributed by atoms with E-state index in [0.29, 0.717) is 5.56 Å². The Morgan fingerprint density at radius 1 is 0.634 bits per heavy atom. The highest BCUT2D eigenvalue weighted by molar-refractivity contribution is 5.90. The largest absolute Gasteiger partial charge is 0.454 e. The van der Waals surface area contributed by atoms with Gasteiger partial charge in [-0.1, -0.05) is 73.2 Å². The van der Waals surface area contributed by atoms with Crippen molar-refractivity contribution in [2.75, 3.05) is 0 Å². The van der Waals surface area contributed by atoms with Gasteiger partial charge in [0, 0.05) is 5.92 Å². The van der Waals surface area contributed by atoms with Crippen molar-refractivity contribution in [3.63, 3.8) is 0 Å². The van der Waals surface area contributed by atoms with Crippen LogP contribution in [0.3, 0.4) is 0 Å². The monoisotopic (exact) mass is 558 g/mol. The summed E-state index contributed by atoms with van der Waals surface area (Å²) in [5, 5.41) is 0. The molecule has 5 rings (SSSR count). The molecule has 4 aromatic rings. The lowest BCUT2D eigenvalue weighted by Gasteiger charge is -2.42. The van der Waals surface area contributed by atoms with Crippen molar-refractivity contribution >= 4 is 11.9 Å². The molecule has 1 aliphatic carbocycles. The van der Waals surface area contributed by atoms with E-state index in [-0.39, 0.29) is 11.5 Å². The van der Waals surface area contributed by atoms with Gasteiger partial charge in [-0.2, -0.15) is 13.2 Å². The van der Waals surface area contributed by atoms with Crippen LogP contribution in [-0.2, 0) is 15.7 Å². The maximum Gasteiger partial charge on any atom is 0.416 e. The van der Waals surface area contributed by atoms with E-state index in [2.05, 4.69) is 0 Å². The summed E-state index contributed by atoms with van der Waals surface area (Å²) in [7, 11) is 0. The number of esters is 2. The molecule has 0 spiro atoms. The Morgan fingerprint density at radius 3 is 1.68 bits per heavy atom. The molecule has 0 bridgehead atoms. The van der Waals surface area contributed by atoms with Crippen molar-refractivity contribution in [3.8, 4) is 0 Å². The number of carbonyl (C=O) groups excluding carboxylic acids is 2. The van der Waals surface area contributed by atoms with Crippen molar-refractivity contribution in [1.29, 1.82) is 0 Å². The van der Waals surface area contributed by atoms with Gasteiger partial charge in [-0.05, 0) is 72.5 Å². The maximum atomic E-state index is 13.5. The standard InChI is InChI=1S/C34H29F3O4/c1-20-12-14-23(15-13-20)33(39)41-31-29(26-9-5-4-8-21(26)2)28-11-7-6-10-27(28)22(3)30(31)40-32(38)24-16-18-25(19-17-24)34(35,36)37/h4-19,22,29-31H,1-3H3/t22-,29-,30?,31?/m0/s1. The highest BCUT2D eigenvalue weighted by Gasteiger charge is 2.47. The van der Waals surface area contributed by atoms with Gasteiger partial charge in [0.05, 0.1) is 22.6 Å². The molecule has 4 atom stereocenters. The summed E-state index contributed by atoms with van der Waals surface area (Å²) in [6, 6.07) is 26.4. The second kappa shape index (κ2) is 11.2. The lowest BCUT2D eigenvalue weighted by atomic mass is 9.70. The quantitative estimate of drug-likeness (QED) is 0.233. The van der Waals surface area contributed by atoms with E-state index in [1.54, 1.807) is 12.1 Å². The number of hydrogen-bond donors (Lipinski definition) is 0. The van der Waals surface area contributed by atoms with Crippen LogP contribution >= 0.6 is 0 Å². The molecule has 1 aliphatic rings. The number of aryl methyl sites for hydroxylation is 2. The first-order valence-electron chi connectivity index (χ1n) is 13.3. The Balaban J connectivity index is 1.58. The minimum atomic E-state index is -4.53. The van der Waals surface area contributed by atoms with E-state index in [0.717, 1.165) is 52.1 Å². The lowest BCUT2D eigenvalue weighted by molar-refractivity contribution is -0.137. The van der Waals surface area contributed by atoms with Crippen LogP contribution in [0.4, 0.5) is 13.2 Å². The molecule has 0 heterocycles. The number of ether oxygens (including phenoxy) is 2. The molecule has 0 N–H and O–H groups in total. The van der Waals surface area contributed by atoms with Gasteiger partial charge in [0.2, 0.25) is 0 Å². The summed E-state index contributed by atoms with van der Waals surface area (Å²) in [5.41, 5.74) is 4.25. The molecule has 7 heteroatoms. The zero-order chi connectivity index (χ0) is 29.3. The van der Waals surface area contributed by atoms with Crippen LogP contribution in [0.1, 0.15) is 72.9 Å². The van der Waals surface area contributed by atoms with Gasteiger partial charge in [-0.15, -0.1) is 0 Å². The van der Waals surface area contributed by atoms with Crippen LogP contribution in [0.25, 0.3) is 0 Å². The number of benzene rings is 4. The molecular formula is C34H29F3O4. The highest BCUT2D eigenvalue weighted by atomic mass is 19.4. The summed E-state index contributed by atoms with van der Waals surface area (Å²) in [6.07, 6.45) is -6.35. The van der Waals surface area contributed by atoms with Gasteiger partial charge < -0.3 is 9.47 Å². The Morgan fingerprint density at radius 2 is 1.12 bits per heavy atom. The summed E-state index contributed by atoms with van der Waals surface area (Å²) in [4.78, 5) is 26.8. The van der Waals surface area contributed by atoms with Crippen molar-refractivity contribution in [2.45, 2.75) is 51.0 Å². The Hall–Kier alpha value is -4.39. The topological polar surface area (TPSA) is 52.6 Å². The Labute approximate surface area is 236 Å². The fourth-order valence-corrected chi connectivity index (χ4v) is 5.49. The third-order valence-electron chi connectivity index (χ3n) is 7.71. The van der Waals surface area contributed by atoms with Crippen LogP contribution in [-0.4, -0.2) is 24.1 Å². The first-order valence-corrected chi connectivity index (χ1v) is 13.3. The van der Waals surface area contributed by atoms with Gasteiger partial charge >= 0.3 is 18.1 Å². The Kier molecular flexibility index (Phi) is 7.72. The van der Waals surface area contributed by atoms with Gasteiger partial charge in [-0.25, -0.2) is 9.59 Å². The van der Waals surface area contributed by atoms with Crippen LogP contribution in [0.15, 0.2) is 97.1 Å². The third kappa shape index (κ3) is 5.75. The summed E-state index contributed by atoms with van der Waals surface area (Å²) in [6.45, 7) is 5.78. The van der Waals surface area contributed by atoms with Gasteiger partial charge in [-0.3, -0.25) is 0 Å². The number of fused-ring (bicyclic) bond motifs is 1. The minimum Gasteiger partial charge on any atom is -0.454 e. The molecule has 0 aromatic heterocycles. The molecule has 41 heavy (non-hydrogen) atoms. The molecule has 0 fully saturated rings. The van der Waals surface area contributed by atoms with Gasteiger partial charge in [0.25, 0.3) is 0 Å². The molecule has 4 nitrogen and oxygen atoms in total. The Bertz CT molecular complexity index is 1560. The summed E-state index contributed by atoms with van der Waals surface area (Å²) in [5.74, 6) is -2.19. The third-order valence-corrected chi connectivity index (χ3v) is 7.71. The van der Waals surface area contributed by atoms with Crippen LogP contribution in [0.5, 0.6) is 0 Å². The molecule has 0 radical (unpaired) electrons. The first kappa shape index (κ1) is 28.1. The second-order valence-corrected chi connectivity index (χ2v) is 10.4. The van der Waals surface area contributed by atoms with Crippen molar-refractivity contribution in [1.82, 2.24) is 0 Å². The zero-order valence-corrected chi connectivity index (χ0v) is 22.8. The van der Waals surface area contributed by atoms with E-state index in [4.69, 9.17) is 9.47 Å². The maximum absolute atomic E-state index is 13.5. The number of halogens is 3. The van der Waals surface area contributed by atoms with Crippen molar-refractivity contribution < 1.29 is 32.2 Å². The van der Waals surface area contributed by atoms with E-state index in [9.17, 15) is 22.8 Å². The fourth-order valence-electron chi connectivity index (χ4n) is 5.49.